The van der Waals surface area contributed by atoms with Crippen molar-refractivity contribution in [3.63, 3.8) is 0 Å². The van der Waals surface area contributed by atoms with Gasteiger partial charge in [0.15, 0.2) is 0 Å². The van der Waals surface area contributed by atoms with Crippen molar-refractivity contribution >= 4 is 50.5 Å². The van der Waals surface area contributed by atoms with Crippen molar-refractivity contribution in [1.82, 2.24) is 5.09 Å². The predicted octanol–water partition coefficient (Wildman–Crippen LogP) is 4.85. The fourth-order valence-corrected chi connectivity index (χ4v) is 6.77. The zero-order valence-electron chi connectivity index (χ0n) is 15.9. The van der Waals surface area contributed by atoms with Gasteiger partial charge in [0, 0.05) is 15.1 Å². The molecule has 29 heavy (non-hydrogen) atoms. The van der Waals surface area contributed by atoms with Crippen LogP contribution < -0.4 is 15.7 Å². The fraction of sp³-hybridized carbons (Fsp3) is 0.0870. The molecule has 0 saturated carbocycles. The molecule has 0 spiro atoms. The van der Waals surface area contributed by atoms with Gasteiger partial charge in [-0.05, 0) is 17.7 Å². The highest BCUT2D eigenvalue weighted by molar-refractivity contribution is 9.10. The van der Waals surface area contributed by atoms with Crippen molar-refractivity contribution < 1.29 is 9.53 Å². The number of methoxy groups -OCH3 is 1. The van der Waals surface area contributed by atoms with E-state index in [-0.39, 0.29) is 0 Å². The highest BCUT2D eigenvalue weighted by atomic mass is 79.9. The van der Waals surface area contributed by atoms with Crippen LogP contribution in [0.2, 0.25) is 0 Å². The van der Waals surface area contributed by atoms with Crippen LogP contribution in [0, 0.1) is 0 Å². The number of ether oxygens (including phenoxy) is 1. The van der Waals surface area contributed by atoms with Crippen molar-refractivity contribution in [1.29, 1.82) is 0 Å². The molecule has 3 nitrogen and oxygen atoms in total. The molecule has 0 aliphatic carbocycles. The summed E-state index contributed by atoms with van der Waals surface area (Å²) in [6, 6.07) is 27.2. The molecular formula is C23H21BrNO2PS. The van der Waals surface area contributed by atoms with Gasteiger partial charge in [-0.3, -0.25) is 5.09 Å². The molecule has 3 aromatic rings. The van der Waals surface area contributed by atoms with Gasteiger partial charge in [0.2, 0.25) is 0 Å². The Morgan fingerprint density at radius 2 is 1.45 bits per heavy atom. The van der Waals surface area contributed by atoms with E-state index in [9.17, 15) is 4.79 Å². The molecule has 0 aliphatic rings. The summed E-state index contributed by atoms with van der Waals surface area (Å²) in [6.07, 6.45) is -2.46. The van der Waals surface area contributed by atoms with E-state index in [2.05, 4.69) is 27.6 Å². The summed E-state index contributed by atoms with van der Waals surface area (Å²) in [7, 11) is 1.36. The molecular weight excluding hydrogens is 465 g/mol. The quantitative estimate of drug-likeness (QED) is 0.294. The Morgan fingerprint density at radius 1 is 0.966 bits per heavy atom. The van der Waals surface area contributed by atoms with Gasteiger partial charge in [-0.15, -0.1) is 0 Å². The van der Waals surface area contributed by atoms with Crippen molar-refractivity contribution in [3.8, 4) is 0 Å². The van der Waals surface area contributed by atoms with E-state index in [0.29, 0.717) is 5.57 Å². The zero-order valence-corrected chi connectivity index (χ0v) is 19.2. The zero-order chi connectivity index (χ0) is 20.9. The average molecular weight is 486 g/mol. The van der Waals surface area contributed by atoms with Crippen molar-refractivity contribution in [3.05, 3.63) is 107 Å². The Kier molecular flexibility index (Phi) is 7.20. The largest absolute Gasteiger partial charge is 0.466 e. The summed E-state index contributed by atoms with van der Waals surface area (Å²) >= 11 is 9.74. The Morgan fingerprint density at radius 3 is 1.90 bits per heavy atom. The summed E-state index contributed by atoms with van der Waals surface area (Å²) in [4.78, 5) is 12.4. The second kappa shape index (κ2) is 9.64. The molecule has 0 fully saturated rings. The summed E-state index contributed by atoms with van der Waals surface area (Å²) < 4.78 is 5.91. The number of carbonyl (C=O) groups is 1. The van der Waals surface area contributed by atoms with Crippen molar-refractivity contribution in [2.75, 3.05) is 7.11 Å². The fourth-order valence-electron chi connectivity index (χ4n) is 3.01. The molecule has 6 heteroatoms. The van der Waals surface area contributed by atoms with Crippen LogP contribution in [0.5, 0.6) is 0 Å². The molecule has 3 rings (SSSR count). The van der Waals surface area contributed by atoms with E-state index in [4.69, 9.17) is 16.5 Å². The molecule has 0 aromatic heterocycles. The molecule has 1 N–H and O–H groups in total. The predicted molar refractivity (Wildman–Crippen MR) is 128 cm³/mol. The SMILES string of the molecule is C=C(C(=O)OC)C(NP(=S)(c1ccccc1)c1ccccc1)c1ccc(Br)cc1. The third-order valence-corrected chi connectivity index (χ3v) is 9.33. The number of esters is 1. The number of rotatable bonds is 7. The number of nitrogens with one attached hydrogen (secondary N) is 1. The Balaban J connectivity index is 2.13. The topological polar surface area (TPSA) is 38.3 Å². The van der Waals surface area contributed by atoms with Gasteiger partial charge in [0.25, 0.3) is 0 Å². The summed E-state index contributed by atoms with van der Waals surface area (Å²) in [6.45, 7) is 4.02. The molecule has 0 radical (unpaired) electrons. The number of hydrogen-bond acceptors (Lipinski definition) is 3. The third-order valence-electron chi connectivity index (χ3n) is 4.55. The first-order chi connectivity index (χ1) is 14.0. The molecule has 3 aromatic carbocycles. The monoisotopic (exact) mass is 485 g/mol. The van der Waals surface area contributed by atoms with E-state index in [1.54, 1.807) is 0 Å². The minimum atomic E-state index is -2.46. The lowest BCUT2D eigenvalue weighted by molar-refractivity contribution is -0.136. The molecule has 0 heterocycles. The van der Waals surface area contributed by atoms with Gasteiger partial charge in [-0.25, -0.2) is 4.79 Å². The number of halogens is 1. The lowest BCUT2D eigenvalue weighted by Gasteiger charge is -2.31. The van der Waals surface area contributed by atoms with Gasteiger partial charge in [0.1, 0.15) is 0 Å². The summed E-state index contributed by atoms with van der Waals surface area (Å²) in [5.41, 5.74) is 1.21. The standard InChI is InChI=1S/C23H21BrNO2PS/c1-17(23(26)27-2)22(18-13-15-19(24)16-14-18)25-28(29,20-9-5-3-6-10-20)21-11-7-4-8-12-21/h3-16,22H,1H2,2H3,(H,25,29). The van der Waals surface area contributed by atoms with Crippen molar-refractivity contribution in [2.24, 2.45) is 0 Å². The summed E-state index contributed by atoms with van der Waals surface area (Å²) in [5, 5.41) is 5.65. The molecule has 0 saturated heterocycles. The normalized spacial score (nSPS) is 12.2. The highest BCUT2D eigenvalue weighted by Gasteiger charge is 2.30. The second-order valence-corrected chi connectivity index (χ2v) is 11.5. The molecule has 0 aliphatic heterocycles. The summed E-state index contributed by atoms with van der Waals surface area (Å²) in [5.74, 6) is -0.465. The molecule has 1 atom stereocenters. The van der Waals surface area contributed by atoms with E-state index in [1.807, 2.05) is 84.9 Å². The highest BCUT2D eigenvalue weighted by Crippen LogP contribution is 2.43. The molecule has 0 amide bonds. The van der Waals surface area contributed by atoms with E-state index in [1.165, 1.54) is 7.11 Å². The first-order valence-corrected chi connectivity index (χ1v) is 12.6. The molecule has 0 bridgehead atoms. The van der Waals surface area contributed by atoms with Crippen LogP contribution in [-0.4, -0.2) is 13.1 Å². The van der Waals surface area contributed by atoms with E-state index >= 15 is 0 Å². The first-order valence-electron chi connectivity index (χ1n) is 8.97. The van der Waals surface area contributed by atoms with Gasteiger partial charge in [0.05, 0.1) is 24.9 Å². The minimum Gasteiger partial charge on any atom is -0.466 e. The number of hydrogen-bond donors (Lipinski definition) is 1. The molecule has 1 unspecified atom stereocenters. The Bertz CT molecular complexity index is 996. The Hall–Kier alpha value is -2.04. The second-order valence-electron chi connectivity index (χ2n) is 6.41. The maximum Gasteiger partial charge on any atom is 0.335 e. The van der Waals surface area contributed by atoms with E-state index in [0.717, 1.165) is 20.6 Å². The van der Waals surface area contributed by atoms with E-state index < -0.39 is 18.2 Å². The first kappa shape index (κ1) is 21.7. The maximum absolute atomic E-state index is 12.4. The van der Waals surface area contributed by atoms with Crippen LogP contribution in [0.25, 0.3) is 0 Å². The van der Waals surface area contributed by atoms with Gasteiger partial charge in [-0.2, -0.15) is 0 Å². The lowest BCUT2D eigenvalue weighted by atomic mass is 10.0. The average Bonchev–Trinajstić information content (AvgIpc) is 2.78. The van der Waals surface area contributed by atoms with Crippen LogP contribution >= 0.6 is 22.1 Å². The van der Waals surface area contributed by atoms with Gasteiger partial charge in [-0.1, -0.05) is 107 Å². The lowest BCUT2D eigenvalue weighted by Crippen LogP contribution is -2.32. The third kappa shape index (κ3) is 4.93. The van der Waals surface area contributed by atoms with Crippen LogP contribution in [-0.2, 0) is 21.3 Å². The smallest absolute Gasteiger partial charge is 0.335 e. The van der Waals surface area contributed by atoms with Crippen LogP contribution in [0.3, 0.4) is 0 Å². The van der Waals surface area contributed by atoms with Gasteiger partial charge >= 0.3 is 5.97 Å². The van der Waals surface area contributed by atoms with Crippen molar-refractivity contribution in [2.45, 2.75) is 6.04 Å². The molecule has 148 valence electrons. The van der Waals surface area contributed by atoms with Crippen LogP contribution in [0.4, 0.5) is 0 Å². The minimum absolute atomic E-state index is 0.316. The maximum atomic E-state index is 12.4. The number of carbonyl (C=O) groups excluding carboxylic acids is 1. The van der Waals surface area contributed by atoms with Crippen LogP contribution in [0.15, 0.2) is 102 Å². The number of benzene rings is 3. The van der Waals surface area contributed by atoms with Crippen LogP contribution in [0.1, 0.15) is 11.6 Å². The van der Waals surface area contributed by atoms with Gasteiger partial charge < -0.3 is 4.74 Å². The Labute approximate surface area is 185 Å².